The summed E-state index contributed by atoms with van der Waals surface area (Å²) in [6, 6.07) is 75.8. The first-order chi connectivity index (χ1) is 27.8. The molecule has 260 valence electrons. The minimum Gasteiger partial charge on any atom is -0.310 e. The summed E-state index contributed by atoms with van der Waals surface area (Å²) in [4.78, 5) is 2.40. The maximum atomic E-state index is 2.47. The largest absolute Gasteiger partial charge is 0.310 e. The number of hydrogen-bond donors (Lipinski definition) is 0. The van der Waals surface area contributed by atoms with E-state index in [0.29, 0.717) is 0 Å². The Morgan fingerprint density at radius 1 is 0.321 bits per heavy atom. The molecule has 0 fully saturated rings. The van der Waals surface area contributed by atoms with Gasteiger partial charge in [-0.3, -0.25) is 0 Å². The summed E-state index contributed by atoms with van der Waals surface area (Å²) in [6.45, 7) is 0. The number of benzene rings is 11. The summed E-state index contributed by atoms with van der Waals surface area (Å²) < 4.78 is 2.47. The first-order valence-corrected chi connectivity index (χ1v) is 19.3. The maximum Gasteiger partial charge on any atom is 0.0553 e. The van der Waals surface area contributed by atoms with Crippen LogP contribution in [0.2, 0.25) is 0 Å². The van der Waals surface area contributed by atoms with E-state index in [9.17, 15) is 0 Å². The standard InChI is InChI=1S/C54H34N2/c1-3-16-41(17-4-1)55(43-29-26-35-12-7-8-13-38(35)32-43)49-23-11-21-45-44(20-10-22-46(45)49)39-28-30-47-50(33-39)56(42-18-5-2-6-19-42)51-34-40-25-24-36-14-9-15-37-27-31-48(54(47)51)53(40)52(36)37/h1-34H. The fraction of sp³-hybridized carbons (Fsp3) is 0. The Bertz CT molecular complexity index is 3450. The zero-order valence-electron chi connectivity index (χ0n) is 30.5. The van der Waals surface area contributed by atoms with Crippen LogP contribution >= 0.6 is 0 Å². The van der Waals surface area contributed by atoms with Gasteiger partial charge in [0.05, 0.1) is 16.7 Å². The first kappa shape index (κ1) is 31.0. The van der Waals surface area contributed by atoms with Gasteiger partial charge in [0, 0.05) is 33.2 Å². The summed E-state index contributed by atoms with van der Waals surface area (Å²) in [5, 5.41) is 15.3. The van der Waals surface area contributed by atoms with Crippen LogP contribution < -0.4 is 4.90 Å². The monoisotopic (exact) mass is 710 g/mol. The molecule has 0 atom stereocenters. The Morgan fingerprint density at radius 2 is 0.982 bits per heavy atom. The molecule has 0 spiro atoms. The van der Waals surface area contributed by atoms with E-state index in [2.05, 4.69) is 216 Å². The molecular weight excluding hydrogens is 677 g/mol. The molecule has 0 radical (unpaired) electrons. The van der Waals surface area contributed by atoms with Crippen molar-refractivity contribution in [3.05, 3.63) is 206 Å². The second kappa shape index (κ2) is 12.0. The zero-order valence-corrected chi connectivity index (χ0v) is 30.5. The van der Waals surface area contributed by atoms with Crippen LogP contribution in [0.5, 0.6) is 0 Å². The number of anilines is 3. The highest BCUT2D eigenvalue weighted by Gasteiger charge is 2.21. The number of aromatic nitrogens is 1. The Kier molecular flexibility index (Phi) is 6.66. The SMILES string of the molecule is c1ccc(N(c2ccc3ccccc3c2)c2cccc3c(-c4ccc5c6c7ccc8cccc9ccc(cc6n(-c6ccccc6)c5c4)c7c98)cccc23)cc1. The average Bonchev–Trinajstić information content (AvgIpc) is 3.59. The van der Waals surface area contributed by atoms with Gasteiger partial charge in [-0.1, -0.05) is 152 Å². The molecule has 0 aliphatic carbocycles. The lowest BCUT2D eigenvalue weighted by molar-refractivity contribution is 1.18. The molecule has 1 heterocycles. The molecule has 2 nitrogen and oxygen atoms in total. The van der Waals surface area contributed by atoms with E-state index in [-0.39, 0.29) is 0 Å². The van der Waals surface area contributed by atoms with Crippen molar-refractivity contribution in [3.8, 4) is 16.8 Å². The maximum absolute atomic E-state index is 2.47. The topological polar surface area (TPSA) is 8.17 Å². The van der Waals surface area contributed by atoms with Crippen LogP contribution in [0.15, 0.2) is 206 Å². The number of para-hydroxylation sites is 2. The summed E-state index contributed by atoms with van der Waals surface area (Å²) >= 11 is 0. The van der Waals surface area contributed by atoms with Crippen molar-refractivity contribution in [2.24, 2.45) is 0 Å². The molecule has 0 bridgehead atoms. The van der Waals surface area contributed by atoms with Gasteiger partial charge >= 0.3 is 0 Å². The molecule has 12 rings (SSSR count). The summed E-state index contributed by atoms with van der Waals surface area (Å²) in [6.07, 6.45) is 0. The van der Waals surface area contributed by atoms with E-state index < -0.39 is 0 Å². The molecule has 0 aliphatic heterocycles. The highest BCUT2D eigenvalue weighted by Crippen LogP contribution is 2.46. The molecule has 11 aromatic carbocycles. The van der Waals surface area contributed by atoms with Crippen LogP contribution in [0, 0.1) is 0 Å². The van der Waals surface area contributed by atoms with Crippen LogP contribution in [-0.4, -0.2) is 4.57 Å². The van der Waals surface area contributed by atoms with Crippen molar-refractivity contribution < 1.29 is 0 Å². The molecule has 2 heteroatoms. The molecule has 0 saturated carbocycles. The molecule has 12 aromatic rings. The van der Waals surface area contributed by atoms with Crippen molar-refractivity contribution in [2.75, 3.05) is 4.90 Å². The Morgan fingerprint density at radius 3 is 1.84 bits per heavy atom. The van der Waals surface area contributed by atoms with E-state index in [1.165, 1.54) is 86.8 Å². The predicted octanol–water partition coefficient (Wildman–Crippen LogP) is 15.1. The van der Waals surface area contributed by atoms with E-state index in [4.69, 9.17) is 0 Å². The third kappa shape index (κ3) is 4.57. The van der Waals surface area contributed by atoms with Crippen LogP contribution in [-0.2, 0) is 0 Å². The minimum absolute atomic E-state index is 1.12. The van der Waals surface area contributed by atoms with Gasteiger partial charge < -0.3 is 9.47 Å². The molecule has 0 unspecified atom stereocenters. The third-order valence-corrected chi connectivity index (χ3v) is 11.8. The van der Waals surface area contributed by atoms with E-state index in [1.54, 1.807) is 0 Å². The van der Waals surface area contributed by atoms with Crippen molar-refractivity contribution in [1.82, 2.24) is 4.57 Å². The molecule has 0 amide bonds. The van der Waals surface area contributed by atoms with E-state index >= 15 is 0 Å². The molecule has 0 aliphatic rings. The summed E-state index contributed by atoms with van der Waals surface area (Å²) in [5.41, 5.74) is 9.40. The van der Waals surface area contributed by atoms with Gasteiger partial charge in [-0.05, 0) is 114 Å². The summed E-state index contributed by atoms with van der Waals surface area (Å²) in [7, 11) is 0. The van der Waals surface area contributed by atoms with Gasteiger partial charge in [0.2, 0.25) is 0 Å². The van der Waals surface area contributed by atoms with Crippen molar-refractivity contribution >= 4 is 92.7 Å². The number of hydrogen-bond acceptors (Lipinski definition) is 1. The van der Waals surface area contributed by atoms with Gasteiger partial charge in [0.25, 0.3) is 0 Å². The van der Waals surface area contributed by atoms with E-state index in [0.717, 1.165) is 22.7 Å². The van der Waals surface area contributed by atoms with Crippen LogP contribution in [0.25, 0.3) is 92.5 Å². The Balaban J connectivity index is 1.11. The highest BCUT2D eigenvalue weighted by atomic mass is 15.1. The smallest absolute Gasteiger partial charge is 0.0553 e. The second-order valence-electron chi connectivity index (χ2n) is 14.9. The normalized spacial score (nSPS) is 11.9. The minimum atomic E-state index is 1.12. The highest BCUT2D eigenvalue weighted by molar-refractivity contribution is 6.33. The van der Waals surface area contributed by atoms with Crippen molar-refractivity contribution in [1.29, 1.82) is 0 Å². The zero-order chi connectivity index (χ0) is 36.7. The van der Waals surface area contributed by atoms with Gasteiger partial charge in [-0.2, -0.15) is 0 Å². The van der Waals surface area contributed by atoms with Crippen LogP contribution in [0.3, 0.4) is 0 Å². The van der Waals surface area contributed by atoms with Gasteiger partial charge in [-0.15, -0.1) is 0 Å². The average molecular weight is 711 g/mol. The molecular formula is C54H34N2. The number of nitrogens with zero attached hydrogens (tertiary/aromatic N) is 2. The van der Waals surface area contributed by atoms with Gasteiger partial charge in [-0.25, -0.2) is 0 Å². The summed E-state index contributed by atoms with van der Waals surface area (Å²) in [5.74, 6) is 0. The second-order valence-corrected chi connectivity index (χ2v) is 14.9. The van der Waals surface area contributed by atoms with Crippen LogP contribution in [0.4, 0.5) is 17.1 Å². The van der Waals surface area contributed by atoms with Gasteiger partial charge in [0.15, 0.2) is 0 Å². The Labute approximate surface area is 324 Å². The molecule has 1 aromatic heterocycles. The Hall–Kier alpha value is -7.42. The van der Waals surface area contributed by atoms with Crippen molar-refractivity contribution in [2.45, 2.75) is 0 Å². The molecule has 0 N–H and O–H groups in total. The van der Waals surface area contributed by atoms with Crippen LogP contribution in [0.1, 0.15) is 0 Å². The fourth-order valence-corrected chi connectivity index (χ4v) is 9.40. The first-order valence-electron chi connectivity index (χ1n) is 19.3. The van der Waals surface area contributed by atoms with Gasteiger partial charge in [0.1, 0.15) is 0 Å². The lowest BCUT2D eigenvalue weighted by Crippen LogP contribution is -2.10. The van der Waals surface area contributed by atoms with E-state index in [1.807, 2.05) is 0 Å². The molecule has 0 saturated heterocycles. The quantitative estimate of drug-likeness (QED) is 0.161. The number of fused-ring (bicyclic) bond motifs is 6. The number of rotatable bonds is 5. The lowest BCUT2D eigenvalue weighted by atomic mass is 9.91. The fourth-order valence-electron chi connectivity index (χ4n) is 9.40. The molecule has 56 heavy (non-hydrogen) atoms. The predicted molar refractivity (Wildman–Crippen MR) is 240 cm³/mol. The lowest BCUT2D eigenvalue weighted by Gasteiger charge is -2.27. The third-order valence-electron chi connectivity index (χ3n) is 11.8. The van der Waals surface area contributed by atoms with Crippen molar-refractivity contribution in [3.63, 3.8) is 0 Å².